The molecule has 2 aromatic rings. The Bertz CT molecular complexity index is 862. The molecule has 138 valence electrons. The minimum absolute atomic E-state index is 0.0454. The summed E-state index contributed by atoms with van der Waals surface area (Å²) in [6, 6.07) is 4.19. The number of rotatable bonds is 6. The Morgan fingerprint density at radius 1 is 1.46 bits per heavy atom. The monoisotopic (exact) mass is 399 g/mol. The number of nitrogens with one attached hydrogen (secondary N) is 1. The van der Waals surface area contributed by atoms with E-state index in [0.717, 1.165) is 0 Å². The average Bonchev–Trinajstić information content (AvgIpc) is 2.62. The molecular weight excluding hydrogens is 384 g/mol. The predicted octanol–water partition coefficient (Wildman–Crippen LogP) is 4.02. The molecule has 26 heavy (non-hydrogen) atoms. The van der Waals surface area contributed by atoms with Crippen LogP contribution >= 0.6 is 23.2 Å². The number of hydrogen-bond acceptors (Lipinski definition) is 5. The number of nitrogens with zero attached hydrogens (tertiary/aromatic N) is 1. The zero-order chi connectivity index (χ0) is 19.4. The first kappa shape index (κ1) is 20.0. The van der Waals surface area contributed by atoms with Crippen LogP contribution in [0.25, 0.3) is 11.3 Å². The maximum absolute atomic E-state index is 14.6. The Balaban J connectivity index is 2.48. The van der Waals surface area contributed by atoms with Crippen molar-refractivity contribution < 1.29 is 18.8 Å². The number of nitrogen functional groups attached to an aromatic ring is 1. The van der Waals surface area contributed by atoms with Gasteiger partial charge < -0.3 is 10.5 Å². The van der Waals surface area contributed by atoms with E-state index in [1.165, 1.54) is 31.4 Å². The van der Waals surface area contributed by atoms with E-state index in [0.29, 0.717) is 0 Å². The van der Waals surface area contributed by atoms with Gasteiger partial charge in [0.1, 0.15) is 6.10 Å². The summed E-state index contributed by atoms with van der Waals surface area (Å²) in [5.74, 6) is -1.62. The SMILES string of the molecule is C=CC(C)ONC(=O)c1nc(-c2ccc(Cl)c(OC)c2F)cc(N)c1Cl. The van der Waals surface area contributed by atoms with Crippen LogP contribution in [0.2, 0.25) is 10.0 Å². The summed E-state index contributed by atoms with van der Waals surface area (Å²) < 4.78 is 19.6. The zero-order valence-corrected chi connectivity index (χ0v) is 15.5. The number of methoxy groups -OCH3 is 1. The number of carbonyl (C=O) groups excluding carboxylic acids is 1. The third-order valence-electron chi connectivity index (χ3n) is 3.40. The molecule has 0 saturated carbocycles. The quantitative estimate of drug-likeness (QED) is 0.565. The van der Waals surface area contributed by atoms with Crippen LogP contribution in [0.4, 0.5) is 10.1 Å². The average molecular weight is 400 g/mol. The van der Waals surface area contributed by atoms with Gasteiger partial charge >= 0.3 is 0 Å². The Morgan fingerprint density at radius 3 is 2.77 bits per heavy atom. The number of halogens is 3. The standard InChI is InChI=1S/C17H16Cl2FN3O3/c1-4-8(2)26-23-17(24)15-13(19)11(21)7-12(22-15)9-5-6-10(18)16(25-3)14(9)20/h4-8H,1H2,2-3H3,(H2,21,22)(H,23,24). The summed E-state index contributed by atoms with van der Waals surface area (Å²) in [4.78, 5) is 21.4. The fraction of sp³-hybridized carbons (Fsp3) is 0.176. The van der Waals surface area contributed by atoms with Crippen molar-refractivity contribution >= 4 is 34.8 Å². The van der Waals surface area contributed by atoms with Crippen molar-refractivity contribution in [3.05, 3.63) is 52.4 Å². The molecule has 3 N–H and O–H groups in total. The molecule has 0 aliphatic carbocycles. The number of hydroxylamine groups is 1. The Hall–Kier alpha value is -2.35. The van der Waals surface area contributed by atoms with Crippen molar-refractivity contribution in [3.8, 4) is 17.0 Å². The van der Waals surface area contributed by atoms with Crippen LogP contribution in [-0.4, -0.2) is 24.1 Å². The number of amides is 1. The van der Waals surface area contributed by atoms with E-state index in [1.807, 2.05) is 0 Å². The van der Waals surface area contributed by atoms with Gasteiger partial charge in [0.25, 0.3) is 5.91 Å². The smallest absolute Gasteiger partial charge is 0.295 e. The number of anilines is 1. The molecule has 1 aromatic heterocycles. The summed E-state index contributed by atoms with van der Waals surface area (Å²) in [6.07, 6.45) is 1.05. The Labute approximate surface area is 159 Å². The van der Waals surface area contributed by atoms with Crippen LogP contribution in [0.3, 0.4) is 0 Å². The molecule has 0 spiro atoms. The van der Waals surface area contributed by atoms with Gasteiger partial charge in [-0.1, -0.05) is 29.3 Å². The lowest BCUT2D eigenvalue weighted by molar-refractivity contribution is 0.0110. The van der Waals surface area contributed by atoms with Crippen molar-refractivity contribution in [3.63, 3.8) is 0 Å². The number of ether oxygens (including phenoxy) is 1. The first-order chi connectivity index (χ1) is 12.3. The van der Waals surface area contributed by atoms with E-state index in [2.05, 4.69) is 17.0 Å². The molecular formula is C17H16Cl2FN3O3. The molecule has 1 unspecified atom stereocenters. The molecule has 9 heteroatoms. The highest BCUT2D eigenvalue weighted by Crippen LogP contribution is 2.36. The van der Waals surface area contributed by atoms with Gasteiger partial charge in [0.2, 0.25) is 0 Å². The highest BCUT2D eigenvalue weighted by Gasteiger charge is 2.21. The maximum atomic E-state index is 14.6. The van der Waals surface area contributed by atoms with E-state index < -0.39 is 17.8 Å². The second kappa shape index (κ2) is 8.35. The molecule has 1 aromatic carbocycles. The van der Waals surface area contributed by atoms with E-state index in [1.54, 1.807) is 6.92 Å². The van der Waals surface area contributed by atoms with Crippen LogP contribution in [0, 0.1) is 5.82 Å². The van der Waals surface area contributed by atoms with Gasteiger partial charge in [0.15, 0.2) is 17.3 Å². The molecule has 1 heterocycles. The van der Waals surface area contributed by atoms with Crippen molar-refractivity contribution in [1.29, 1.82) is 0 Å². The van der Waals surface area contributed by atoms with Crippen LogP contribution < -0.4 is 16.0 Å². The molecule has 2 rings (SSSR count). The van der Waals surface area contributed by atoms with Crippen molar-refractivity contribution in [2.45, 2.75) is 13.0 Å². The molecule has 1 amide bonds. The third kappa shape index (κ3) is 4.07. The molecule has 6 nitrogen and oxygen atoms in total. The second-order valence-electron chi connectivity index (χ2n) is 5.19. The number of carbonyl (C=O) groups is 1. The highest BCUT2D eigenvalue weighted by molar-refractivity contribution is 6.36. The normalized spacial score (nSPS) is 11.7. The molecule has 1 atom stereocenters. The summed E-state index contributed by atoms with van der Waals surface area (Å²) in [6.45, 7) is 5.20. The lowest BCUT2D eigenvalue weighted by atomic mass is 10.1. The third-order valence-corrected chi connectivity index (χ3v) is 4.09. The first-order valence-corrected chi connectivity index (χ1v) is 8.12. The van der Waals surface area contributed by atoms with Crippen LogP contribution in [0.5, 0.6) is 5.75 Å². The van der Waals surface area contributed by atoms with E-state index >= 15 is 0 Å². The summed E-state index contributed by atoms with van der Waals surface area (Å²) in [5.41, 5.74) is 7.99. The predicted molar refractivity (Wildman–Crippen MR) is 98.8 cm³/mol. The molecule has 0 aliphatic heterocycles. The Kier molecular flexibility index (Phi) is 6.42. The van der Waals surface area contributed by atoms with E-state index in [9.17, 15) is 9.18 Å². The first-order valence-electron chi connectivity index (χ1n) is 7.37. The van der Waals surface area contributed by atoms with Crippen LogP contribution in [0.15, 0.2) is 30.9 Å². The van der Waals surface area contributed by atoms with Gasteiger partial charge in [-0.25, -0.2) is 14.9 Å². The van der Waals surface area contributed by atoms with Crippen molar-refractivity contribution in [2.75, 3.05) is 12.8 Å². The fourth-order valence-electron chi connectivity index (χ4n) is 2.00. The topological polar surface area (TPSA) is 86.5 Å². The second-order valence-corrected chi connectivity index (χ2v) is 5.98. The molecule has 0 aliphatic rings. The highest BCUT2D eigenvalue weighted by atomic mass is 35.5. The minimum atomic E-state index is -0.739. The van der Waals surface area contributed by atoms with E-state index in [4.69, 9.17) is 38.5 Å². The van der Waals surface area contributed by atoms with Gasteiger partial charge in [-0.2, -0.15) is 0 Å². The summed E-state index contributed by atoms with van der Waals surface area (Å²) >= 11 is 11.9. The minimum Gasteiger partial charge on any atom is -0.492 e. The molecule has 0 radical (unpaired) electrons. The molecule has 0 bridgehead atoms. The number of pyridine rings is 1. The van der Waals surface area contributed by atoms with Crippen molar-refractivity contribution in [1.82, 2.24) is 10.5 Å². The van der Waals surface area contributed by atoms with Gasteiger partial charge in [-0.15, -0.1) is 6.58 Å². The molecule has 0 fully saturated rings. The number of aromatic nitrogens is 1. The lowest BCUT2D eigenvalue weighted by Gasteiger charge is -2.13. The van der Waals surface area contributed by atoms with Crippen LogP contribution in [0.1, 0.15) is 17.4 Å². The summed E-state index contributed by atoms with van der Waals surface area (Å²) in [5, 5.41) is 0.0166. The summed E-state index contributed by atoms with van der Waals surface area (Å²) in [7, 11) is 1.29. The van der Waals surface area contributed by atoms with Gasteiger partial charge in [-0.3, -0.25) is 9.63 Å². The largest absolute Gasteiger partial charge is 0.492 e. The van der Waals surface area contributed by atoms with E-state index in [-0.39, 0.29) is 38.4 Å². The molecule has 0 saturated heterocycles. The number of nitrogens with two attached hydrogens (primary N) is 1. The van der Waals surface area contributed by atoms with Gasteiger partial charge in [0, 0.05) is 5.56 Å². The maximum Gasteiger partial charge on any atom is 0.295 e. The number of hydrogen-bond donors (Lipinski definition) is 2. The van der Waals surface area contributed by atoms with Gasteiger partial charge in [0.05, 0.1) is 28.5 Å². The van der Waals surface area contributed by atoms with Crippen LogP contribution in [-0.2, 0) is 4.84 Å². The van der Waals surface area contributed by atoms with Crippen molar-refractivity contribution in [2.24, 2.45) is 0 Å². The zero-order valence-electron chi connectivity index (χ0n) is 14.0. The van der Waals surface area contributed by atoms with Gasteiger partial charge in [-0.05, 0) is 25.1 Å². The number of benzene rings is 1. The lowest BCUT2D eigenvalue weighted by Crippen LogP contribution is -2.28. The Morgan fingerprint density at radius 2 is 2.15 bits per heavy atom. The fourth-order valence-corrected chi connectivity index (χ4v) is 2.40.